The largest absolute Gasteiger partial charge is 0.491 e. The highest BCUT2D eigenvalue weighted by Crippen LogP contribution is 2.40. The number of nitriles is 1. The minimum absolute atomic E-state index is 0.318. The lowest BCUT2D eigenvalue weighted by atomic mass is 9.78. The smallest absolute Gasteiger partial charge is 0.319 e. The number of esters is 1. The van der Waals surface area contributed by atoms with E-state index in [0.717, 1.165) is 0 Å². The minimum atomic E-state index is -1.13. The molecule has 2 atom stereocenters. The molecular formula is C22H19ClN2O4S. The number of carbonyl (C=O) groups is 2. The Hall–Kier alpha value is -2.95. The Bertz CT molecular complexity index is 1000. The summed E-state index contributed by atoms with van der Waals surface area (Å²) in [5.41, 5.74) is 1.02. The van der Waals surface area contributed by atoms with Gasteiger partial charge in [0.25, 0.3) is 0 Å². The highest BCUT2D eigenvalue weighted by Gasteiger charge is 2.44. The van der Waals surface area contributed by atoms with Gasteiger partial charge in [-0.1, -0.05) is 54.1 Å². The van der Waals surface area contributed by atoms with Gasteiger partial charge >= 0.3 is 5.97 Å². The molecule has 0 unspecified atom stereocenters. The fraction of sp³-hybridized carbons (Fsp3) is 0.227. The number of benzene rings is 2. The molecule has 0 aliphatic carbocycles. The number of allylic oxidation sites excluding steroid dienone is 1. The molecule has 0 fully saturated rings. The van der Waals surface area contributed by atoms with Crippen molar-refractivity contribution in [1.29, 1.82) is 5.26 Å². The predicted octanol–water partition coefficient (Wildman–Crippen LogP) is 3.89. The standard InChI is InChI=1S/C22H19ClN2O4S/c1-28-22(27)19-18(14-7-3-2-4-8-14)15(13-24)21(25-20(19)26)30-12-11-29-17-10-6-5-9-16(17)23/h2-10,18-19H,11-12H2,1H3,(H,25,26)/t18-,19+/m0/s1. The van der Waals surface area contributed by atoms with Gasteiger partial charge < -0.3 is 14.8 Å². The van der Waals surface area contributed by atoms with E-state index in [1.807, 2.05) is 18.2 Å². The summed E-state index contributed by atoms with van der Waals surface area (Å²) in [7, 11) is 1.23. The van der Waals surface area contributed by atoms with Crippen LogP contribution in [0.25, 0.3) is 0 Å². The molecule has 0 saturated carbocycles. The van der Waals surface area contributed by atoms with E-state index in [2.05, 4.69) is 11.4 Å². The fourth-order valence-electron chi connectivity index (χ4n) is 3.20. The van der Waals surface area contributed by atoms with Gasteiger partial charge in [0.1, 0.15) is 11.7 Å². The second kappa shape index (κ2) is 10.2. The minimum Gasteiger partial charge on any atom is -0.491 e. The predicted molar refractivity (Wildman–Crippen MR) is 115 cm³/mol. The summed E-state index contributed by atoms with van der Waals surface area (Å²) in [6.45, 7) is 0.322. The van der Waals surface area contributed by atoms with Crippen LogP contribution >= 0.6 is 23.4 Å². The van der Waals surface area contributed by atoms with Gasteiger partial charge in [-0.25, -0.2) is 0 Å². The maximum absolute atomic E-state index is 12.7. The zero-order valence-electron chi connectivity index (χ0n) is 16.1. The molecule has 1 aliphatic heterocycles. The number of carbonyl (C=O) groups excluding carboxylic acids is 2. The van der Waals surface area contributed by atoms with Crippen LogP contribution in [0.15, 0.2) is 65.2 Å². The Morgan fingerprint density at radius 3 is 2.57 bits per heavy atom. The molecule has 0 saturated heterocycles. The first kappa shape index (κ1) is 21.8. The van der Waals surface area contributed by atoms with Crippen molar-refractivity contribution in [3.05, 3.63) is 75.8 Å². The van der Waals surface area contributed by atoms with Crippen LogP contribution in [-0.4, -0.2) is 31.3 Å². The van der Waals surface area contributed by atoms with Gasteiger partial charge in [-0.15, -0.1) is 11.8 Å². The average Bonchev–Trinajstić information content (AvgIpc) is 2.77. The Balaban J connectivity index is 1.82. The molecule has 2 aromatic rings. The van der Waals surface area contributed by atoms with Gasteiger partial charge in [0.05, 0.1) is 35.4 Å². The number of nitrogens with one attached hydrogen (secondary N) is 1. The van der Waals surface area contributed by atoms with Crippen molar-refractivity contribution in [2.75, 3.05) is 19.5 Å². The van der Waals surface area contributed by atoms with Crippen LogP contribution in [0.3, 0.4) is 0 Å². The second-order valence-electron chi connectivity index (χ2n) is 6.36. The van der Waals surface area contributed by atoms with Crippen molar-refractivity contribution in [3.8, 4) is 11.8 Å². The summed E-state index contributed by atoms with van der Waals surface area (Å²) in [6.07, 6.45) is 0. The van der Waals surface area contributed by atoms with Gasteiger partial charge in [-0.05, 0) is 17.7 Å². The molecule has 2 aromatic carbocycles. The molecule has 154 valence electrons. The van der Waals surface area contributed by atoms with Gasteiger partial charge in [0.15, 0.2) is 0 Å². The third kappa shape index (κ3) is 4.78. The zero-order valence-corrected chi connectivity index (χ0v) is 17.7. The fourth-order valence-corrected chi connectivity index (χ4v) is 4.26. The van der Waals surface area contributed by atoms with Gasteiger partial charge in [0.2, 0.25) is 5.91 Å². The van der Waals surface area contributed by atoms with Crippen LogP contribution in [0.2, 0.25) is 5.02 Å². The number of hydrogen-bond donors (Lipinski definition) is 1. The molecule has 0 spiro atoms. The summed E-state index contributed by atoms with van der Waals surface area (Å²) in [5.74, 6) is -1.99. The molecule has 1 N–H and O–H groups in total. The first-order valence-corrected chi connectivity index (χ1v) is 10.5. The molecule has 0 radical (unpaired) electrons. The molecule has 8 heteroatoms. The number of methoxy groups -OCH3 is 1. The van der Waals surface area contributed by atoms with E-state index in [4.69, 9.17) is 21.1 Å². The van der Waals surface area contributed by atoms with Crippen LogP contribution in [-0.2, 0) is 14.3 Å². The Morgan fingerprint density at radius 1 is 1.20 bits per heavy atom. The number of amides is 1. The maximum atomic E-state index is 12.7. The number of ether oxygens (including phenoxy) is 2. The lowest BCUT2D eigenvalue weighted by molar-refractivity contribution is -0.150. The number of para-hydroxylation sites is 1. The van der Waals surface area contributed by atoms with Crippen molar-refractivity contribution in [1.82, 2.24) is 5.32 Å². The highest BCUT2D eigenvalue weighted by atomic mass is 35.5. The van der Waals surface area contributed by atoms with Crippen molar-refractivity contribution >= 4 is 35.2 Å². The molecule has 0 bridgehead atoms. The molecule has 3 rings (SSSR count). The zero-order chi connectivity index (χ0) is 21.5. The van der Waals surface area contributed by atoms with E-state index in [0.29, 0.717) is 39.3 Å². The third-order valence-corrected chi connectivity index (χ3v) is 5.86. The van der Waals surface area contributed by atoms with Crippen molar-refractivity contribution in [2.24, 2.45) is 5.92 Å². The molecule has 1 heterocycles. The lowest BCUT2D eigenvalue weighted by Gasteiger charge is -2.30. The molecule has 1 aliphatic rings. The quantitative estimate of drug-likeness (QED) is 0.397. The van der Waals surface area contributed by atoms with E-state index < -0.39 is 23.7 Å². The van der Waals surface area contributed by atoms with Crippen LogP contribution < -0.4 is 10.1 Å². The van der Waals surface area contributed by atoms with Crippen LogP contribution in [0.5, 0.6) is 5.75 Å². The van der Waals surface area contributed by atoms with Gasteiger partial charge in [-0.3, -0.25) is 9.59 Å². The van der Waals surface area contributed by atoms with Crippen molar-refractivity contribution < 1.29 is 19.1 Å². The molecule has 6 nitrogen and oxygen atoms in total. The number of thioether (sulfide) groups is 1. The maximum Gasteiger partial charge on any atom is 0.319 e. The Kier molecular flexibility index (Phi) is 7.39. The van der Waals surface area contributed by atoms with E-state index in [1.165, 1.54) is 18.9 Å². The highest BCUT2D eigenvalue weighted by molar-refractivity contribution is 8.03. The van der Waals surface area contributed by atoms with Crippen LogP contribution in [0, 0.1) is 17.2 Å². The first-order valence-electron chi connectivity index (χ1n) is 9.14. The molecular weight excluding hydrogens is 424 g/mol. The van der Waals surface area contributed by atoms with E-state index in [1.54, 1.807) is 36.4 Å². The summed E-state index contributed by atoms with van der Waals surface area (Å²) >= 11 is 7.36. The Morgan fingerprint density at radius 2 is 1.90 bits per heavy atom. The normalized spacial score (nSPS) is 18.4. The van der Waals surface area contributed by atoms with Crippen molar-refractivity contribution in [3.63, 3.8) is 0 Å². The summed E-state index contributed by atoms with van der Waals surface area (Å²) in [4.78, 5) is 25.1. The van der Waals surface area contributed by atoms with E-state index in [-0.39, 0.29) is 0 Å². The van der Waals surface area contributed by atoms with Crippen LogP contribution in [0.4, 0.5) is 0 Å². The monoisotopic (exact) mass is 442 g/mol. The first-order chi connectivity index (χ1) is 14.6. The van der Waals surface area contributed by atoms with E-state index in [9.17, 15) is 14.9 Å². The van der Waals surface area contributed by atoms with Crippen molar-refractivity contribution in [2.45, 2.75) is 5.92 Å². The topological polar surface area (TPSA) is 88.4 Å². The average molecular weight is 443 g/mol. The molecule has 30 heavy (non-hydrogen) atoms. The number of halogens is 1. The number of rotatable bonds is 7. The van der Waals surface area contributed by atoms with E-state index >= 15 is 0 Å². The van der Waals surface area contributed by atoms with Crippen LogP contribution in [0.1, 0.15) is 11.5 Å². The van der Waals surface area contributed by atoms with Gasteiger partial charge in [0, 0.05) is 11.7 Å². The third-order valence-electron chi connectivity index (χ3n) is 4.57. The number of hydrogen-bond acceptors (Lipinski definition) is 6. The lowest BCUT2D eigenvalue weighted by Crippen LogP contribution is -2.44. The second-order valence-corrected chi connectivity index (χ2v) is 7.87. The summed E-state index contributed by atoms with van der Waals surface area (Å²) < 4.78 is 10.5. The number of nitrogens with zero attached hydrogens (tertiary/aromatic N) is 1. The molecule has 1 amide bonds. The van der Waals surface area contributed by atoms with Gasteiger partial charge in [-0.2, -0.15) is 5.26 Å². The summed E-state index contributed by atoms with van der Waals surface area (Å²) in [5, 5.41) is 13.5. The Labute approximate surface area is 183 Å². The molecule has 0 aromatic heterocycles. The SMILES string of the molecule is COC(=O)[C@H]1C(=O)NC(SCCOc2ccccc2Cl)=C(C#N)[C@@H]1c1ccccc1. The summed E-state index contributed by atoms with van der Waals surface area (Å²) in [6, 6.07) is 18.3.